The van der Waals surface area contributed by atoms with Crippen molar-refractivity contribution in [1.82, 2.24) is 0 Å². The molecule has 104 valence electrons. The standard InChI is InChI=1S/C12HCl7S/c13-3-1-2-4-6(15)7(16)8(17)10(19)12(4)20-11(2)9(18)5(3)14/h1H. The molecule has 0 fully saturated rings. The van der Waals surface area contributed by atoms with Gasteiger partial charge in [0.05, 0.1) is 44.6 Å². The van der Waals surface area contributed by atoms with E-state index >= 15 is 0 Å². The van der Waals surface area contributed by atoms with Crippen molar-refractivity contribution in [3.8, 4) is 0 Å². The van der Waals surface area contributed by atoms with Crippen molar-refractivity contribution in [2.75, 3.05) is 0 Å². The van der Waals surface area contributed by atoms with Crippen LogP contribution in [0.4, 0.5) is 0 Å². The number of halogens is 7. The number of rotatable bonds is 0. The van der Waals surface area contributed by atoms with E-state index in [1.807, 2.05) is 0 Å². The van der Waals surface area contributed by atoms with Gasteiger partial charge in [-0.1, -0.05) is 81.2 Å². The maximum atomic E-state index is 6.28. The molecule has 3 aromatic rings. The van der Waals surface area contributed by atoms with E-state index in [9.17, 15) is 0 Å². The molecule has 0 radical (unpaired) electrons. The highest BCUT2D eigenvalue weighted by molar-refractivity contribution is 7.27. The van der Waals surface area contributed by atoms with Crippen molar-refractivity contribution in [2.24, 2.45) is 0 Å². The molecule has 0 bridgehead atoms. The largest absolute Gasteiger partial charge is 0.132 e. The highest BCUT2D eigenvalue weighted by Crippen LogP contribution is 2.52. The molecule has 0 saturated carbocycles. The minimum absolute atomic E-state index is 0.202. The van der Waals surface area contributed by atoms with Gasteiger partial charge in [0.2, 0.25) is 0 Å². The summed E-state index contributed by atoms with van der Waals surface area (Å²) in [5.41, 5.74) is 0. The lowest BCUT2D eigenvalue weighted by Gasteiger charge is -2.05. The second kappa shape index (κ2) is 5.40. The normalized spacial score (nSPS) is 11.8. The van der Waals surface area contributed by atoms with Crippen molar-refractivity contribution in [3.63, 3.8) is 0 Å². The van der Waals surface area contributed by atoms with E-state index < -0.39 is 0 Å². The first-order valence-electron chi connectivity index (χ1n) is 5.06. The van der Waals surface area contributed by atoms with Gasteiger partial charge in [0.25, 0.3) is 0 Å². The molecule has 0 saturated heterocycles. The predicted octanol–water partition coefficient (Wildman–Crippen LogP) is 8.63. The van der Waals surface area contributed by atoms with Gasteiger partial charge >= 0.3 is 0 Å². The van der Waals surface area contributed by atoms with Crippen molar-refractivity contribution in [2.45, 2.75) is 0 Å². The molecule has 0 unspecified atom stereocenters. The third kappa shape index (κ3) is 2.11. The Hall–Kier alpha value is 0.690. The summed E-state index contributed by atoms with van der Waals surface area (Å²) in [7, 11) is 0. The third-order valence-electron chi connectivity index (χ3n) is 2.81. The molecule has 3 rings (SSSR count). The Labute approximate surface area is 153 Å². The topological polar surface area (TPSA) is 0 Å². The van der Waals surface area contributed by atoms with Gasteiger partial charge in [0.1, 0.15) is 0 Å². The zero-order valence-corrected chi connectivity index (χ0v) is 15.2. The SMILES string of the molecule is Clc1cc2c(sc3c(Cl)c(Cl)c(Cl)c(Cl)c32)c(Cl)c1Cl. The molecule has 1 heterocycles. The average Bonchev–Trinajstić information content (AvgIpc) is 2.80. The van der Waals surface area contributed by atoms with E-state index in [1.165, 1.54) is 11.3 Å². The molecule has 2 aromatic carbocycles. The van der Waals surface area contributed by atoms with Crippen LogP contribution in [-0.2, 0) is 0 Å². The van der Waals surface area contributed by atoms with Crippen LogP contribution >= 0.6 is 92.5 Å². The van der Waals surface area contributed by atoms with E-state index in [1.54, 1.807) is 6.07 Å². The fraction of sp³-hybridized carbons (Fsp3) is 0. The zero-order valence-electron chi connectivity index (χ0n) is 9.13. The van der Waals surface area contributed by atoms with Gasteiger partial charge in [-0.2, -0.15) is 0 Å². The lowest BCUT2D eigenvalue weighted by Crippen LogP contribution is -1.78. The van der Waals surface area contributed by atoms with Gasteiger partial charge < -0.3 is 0 Å². The zero-order chi connectivity index (χ0) is 14.8. The maximum absolute atomic E-state index is 6.28. The third-order valence-corrected chi connectivity index (χ3v) is 7.34. The van der Waals surface area contributed by atoms with Crippen LogP contribution in [0.15, 0.2) is 6.07 Å². The lowest BCUT2D eigenvalue weighted by molar-refractivity contribution is 1.82. The summed E-state index contributed by atoms with van der Waals surface area (Å²) in [5.74, 6) is 0. The molecule has 0 aliphatic carbocycles. The number of hydrogen-bond donors (Lipinski definition) is 0. The summed E-state index contributed by atoms with van der Waals surface area (Å²) in [6, 6.07) is 1.69. The summed E-state index contributed by atoms with van der Waals surface area (Å²) in [4.78, 5) is 0. The summed E-state index contributed by atoms with van der Waals surface area (Å²) >= 11 is 44.4. The van der Waals surface area contributed by atoms with Crippen molar-refractivity contribution < 1.29 is 0 Å². The molecule has 0 aliphatic heterocycles. The number of fused-ring (bicyclic) bond motifs is 3. The number of benzene rings is 2. The summed E-state index contributed by atoms with van der Waals surface area (Å²) in [5, 5.41) is 3.46. The summed E-state index contributed by atoms with van der Waals surface area (Å²) < 4.78 is 1.43. The molecule has 0 amide bonds. The quantitative estimate of drug-likeness (QED) is 0.250. The van der Waals surface area contributed by atoms with Crippen LogP contribution in [0.2, 0.25) is 35.2 Å². The molecule has 1 aromatic heterocycles. The van der Waals surface area contributed by atoms with E-state index in [2.05, 4.69) is 0 Å². The molecule has 0 spiro atoms. The Balaban J connectivity index is 2.67. The van der Waals surface area contributed by atoms with Crippen molar-refractivity contribution in [1.29, 1.82) is 0 Å². The molecule has 0 atom stereocenters. The lowest BCUT2D eigenvalue weighted by atomic mass is 10.1. The fourth-order valence-electron chi connectivity index (χ4n) is 1.91. The highest BCUT2D eigenvalue weighted by atomic mass is 35.5. The van der Waals surface area contributed by atoms with E-state index in [-0.39, 0.29) is 15.1 Å². The van der Waals surface area contributed by atoms with Crippen LogP contribution in [0.1, 0.15) is 0 Å². The Morgan fingerprint density at radius 3 is 1.80 bits per heavy atom. The van der Waals surface area contributed by atoms with E-state index in [0.29, 0.717) is 30.2 Å². The van der Waals surface area contributed by atoms with Crippen LogP contribution in [0.5, 0.6) is 0 Å². The molecular formula is C12HCl7S. The van der Waals surface area contributed by atoms with Gasteiger partial charge in [0, 0.05) is 10.8 Å². The first kappa shape index (κ1) is 15.6. The van der Waals surface area contributed by atoms with Gasteiger partial charge in [-0.15, -0.1) is 11.3 Å². The van der Waals surface area contributed by atoms with Gasteiger partial charge in [-0.05, 0) is 6.07 Å². The van der Waals surface area contributed by atoms with Crippen LogP contribution < -0.4 is 0 Å². The summed E-state index contributed by atoms with van der Waals surface area (Å²) in [6.07, 6.45) is 0. The predicted molar refractivity (Wildman–Crippen MR) is 94.4 cm³/mol. The molecule has 0 N–H and O–H groups in total. The summed E-state index contributed by atoms with van der Waals surface area (Å²) in [6.45, 7) is 0. The average molecular weight is 425 g/mol. The Morgan fingerprint density at radius 2 is 1.15 bits per heavy atom. The van der Waals surface area contributed by atoms with Gasteiger partial charge in [0.15, 0.2) is 0 Å². The molecule has 20 heavy (non-hydrogen) atoms. The minimum Gasteiger partial charge on any atom is -0.132 e. The maximum Gasteiger partial charge on any atom is 0.0808 e. The van der Waals surface area contributed by atoms with Crippen LogP contribution in [0.3, 0.4) is 0 Å². The smallest absolute Gasteiger partial charge is 0.0808 e. The molecule has 0 nitrogen and oxygen atoms in total. The second-order valence-electron chi connectivity index (χ2n) is 3.93. The Kier molecular flexibility index (Phi) is 4.21. The van der Waals surface area contributed by atoms with Gasteiger partial charge in [-0.3, -0.25) is 0 Å². The Morgan fingerprint density at radius 1 is 0.600 bits per heavy atom. The van der Waals surface area contributed by atoms with Crippen molar-refractivity contribution in [3.05, 3.63) is 41.2 Å². The van der Waals surface area contributed by atoms with Gasteiger partial charge in [-0.25, -0.2) is 0 Å². The minimum atomic E-state index is 0.202. The first-order chi connectivity index (χ1) is 9.34. The van der Waals surface area contributed by atoms with Crippen LogP contribution in [0.25, 0.3) is 20.2 Å². The van der Waals surface area contributed by atoms with Crippen LogP contribution in [0, 0.1) is 0 Å². The monoisotopic (exact) mass is 422 g/mol. The fourth-order valence-corrected chi connectivity index (χ4v) is 5.04. The Bertz CT molecular complexity index is 881. The van der Waals surface area contributed by atoms with Crippen molar-refractivity contribution >= 4 is 113 Å². The highest BCUT2D eigenvalue weighted by Gasteiger charge is 2.22. The number of thiophene rings is 1. The van der Waals surface area contributed by atoms with E-state index in [0.717, 1.165) is 10.1 Å². The first-order valence-corrected chi connectivity index (χ1v) is 8.52. The molecule has 8 heteroatoms. The van der Waals surface area contributed by atoms with E-state index in [4.69, 9.17) is 81.2 Å². The second-order valence-corrected chi connectivity index (χ2v) is 7.62. The van der Waals surface area contributed by atoms with Crippen LogP contribution in [-0.4, -0.2) is 0 Å². The molecule has 0 aliphatic rings. The number of hydrogen-bond acceptors (Lipinski definition) is 1. The molecular weight excluding hydrogens is 424 g/mol.